The number of rotatable bonds is 2. The number of aromatic nitrogens is 4. The fraction of sp³-hybridized carbons (Fsp3) is 0.190. The maximum atomic E-state index is 12.5. The first kappa shape index (κ1) is 16.3. The highest BCUT2D eigenvalue weighted by Crippen LogP contribution is 2.24. The van der Waals surface area contributed by atoms with Crippen molar-refractivity contribution in [1.82, 2.24) is 19.7 Å². The van der Waals surface area contributed by atoms with Crippen molar-refractivity contribution in [3.8, 4) is 17.1 Å². The van der Waals surface area contributed by atoms with Crippen LogP contribution in [0.2, 0.25) is 0 Å². The van der Waals surface area contributed by atoms with Gasteiger partial charge in [-0.1, -0.05) is 63.2 Å². The zero-order valence-corrected chi connectivity index (χ0v) is 15.0. The summed E-state index contributed by atoms with van der Waals surface area (Å²) in [4.78, 5) is 20.0. The largest absolute Gasteiger partial charge is 0.306 e. The van der Waals surface area contributed by atoms with E-state index in [1.54, 1.807) is 10.9 Å². The molecule has 0 aliphatic rings. The molecule has 0 atom stereocenters. The van der Waals surface area contributed by atoms with Crippen molar-refractivity contribution in [2.75, 3.05) is 0 Å². The Morgan fingerprint density at radius 1 is 0.962 bits per heavy atom. The molecule has 0 bridgehead atoms. The maximum Gasteiger partial charge on any atom is 0.262 e. The first-order valence-corrected chi connectivity index (χ1v) is 8.58. The van der Waals surface area contributed by atoms with Gasteiger partial charge in [-0.05, 0) is 23.1 Å². The fourth-order valence-electron chi connectivity index (χ4n) is 2.94. The molecule has 0 fully saturated rings. The summed E-state index contributed by atoms with van der Waals surface area (Å²) in [7, 11) is 0. The lowest BCUT2D eigenvalue weighted by atomic mass is 9.87. The molecule has 0 radical (unpaired) electrons. The van der Waals surface area contributed by atoms with E-state index in [2.05, 4.69) is 48.0 Å². The number of benzene rings is 2. The molecule has 0 aliphatic carbocycles. The highest BCUT2D eigenvalue weighted by Gasteiger charge is 2.15. The Morgan fingerprint density at radius 3 is 2.31 bits per heavy atom. The number of hydrogen-bond donors (Lipinski definition) is 1. The molecule has 0 unspecified atom stereocenters. The monoisotopic (exact) mass is 344 g/mol. The normalized spacial score (nSPS) is 11.8. The number of H-pyrrole nitrogens is 1. The first-order chi connectivity index (χ1) is 12.4. The van der Waals surface area contributed by atoms with Crippen molar-refractivity contribution in [2.24, 2.45) is 0 Å². The van der Waals surface area contributed by atoms with Gasteiger partial charge in [-0.25, -0.2) is 9.67 Å². The van der Waals surface area contributed by atoms with Crippen LogP contribution in [0.25, 0.3) is 28.1 Å². The number of nitrogens with zero attached hydrogens (tertiary/aromatic N) is 3. The number of hydrogen-bond acceptors (Lipinski definition) is 3. The number of nitrogens with one attached hydrogen (secondary N) is 1. The van der Waals surface area contributed by atoms with Crippen LogP contribution in [0, 0.1) is 0 Å². The average molecular weight is 344 g/mol. The first-order valence-electron chi connectivity index (χ1n) is 8.58. The standard InChI is InChI=1S/C21H20N4O/c1-21(2,3)15-9-11-16(12-10-15)25-19-17(13-22-25)20(26)24-18(23-19)14-7-5-4-6-8-14/h4-13H,1-3H3,(H,23,24,26). The molecule has 0 aliphatic heterocycles. The Balaban J connectivity index is 1.86. The van der Waals surface area contributed by atoms with Crippen LogP contribution in [-0.4, -0.2) is 19.7 Å². The van der Waals surface area contributed by atoms with Crippen molar-refractivity contribution in [3.05, 3.63) is 76.7 Å². The lowest BCUT2D eigenvalue weighted by molar-refractivity contribution is 0.590. The summed E-state index contributed by atoms with van der Waals surface area (Å²) in [6.07, 6.45) is 1.56. The van der Waals surface area contributed by atoms with Crippen molar-refractivity contribution < 1.29 is 0 Å². The van der Waals surface area contributed by atoms with Crippen LogP contribution < -0.4 is 5.56 Å². The second-order valence-corrected chi connectivity index (χ2v) is 7.37. The van der Waals surface area contributed by atoms with Crippen molar-refractivity contribution in [3.63, 3.8) is 0 Å². The number of aromatic amines is 1. The van der Waals surface area contributed by atoms with Crippen molar-refractivity contribution in [2.45, 2.75) is 26.2 Å². The smallest absolute Gasteiger partial charge is 0.262 e. The minimum absolute atomic E-state index is 0.0839. The molecular formula is C21H20N4O. The van der Waals surface area contributed by atoms with E-state index < -0.39 is 0 Å². The Labute approximate surface area is 151 Å². The van der Waals surface area contributed by atoms with E-state index in [0.29, 0.717) is 16.9 Å². The molecule has 0 spiro atoms. The lowest BCUT2D eigenvalue weighted by Gasteiger charge is -2.19. The van der Waals surface area contributed by atoms with Gasteiger partial charge in [0.1, 0.15) is 11.2 Å². The molecule has 130 valence electrons. The van der Waals surface area contributed by atoms with Crippen LogP contribution in [0.5, 0.6) is 0 Å². The molecule has 2 heterocycles. The molecule has 4 rings (SSSR count). The van der Waals surface area contributed by atoms with Gasteiger partial charge in [0.2, 0.25) is 0 Å². The zero-order chi connectivity index (χ0) is 18.3. The molecule has 0 amide bonds. The Bertz CT molecular complexity index is 1120. The molecule has 2 aromatic carbocycles. The maximum absolute atomic E-state index is 12.5. The molecule has 1 N–H and O–H groups in total. The highest BCUT2D eigenvalue weighted by atomic mass is 16.1. The topological polar surface area (TPSA) is 63.6 Å². The minimum Gasteiger partial charge on any atom is -0.306 e. The van der Waals surface area contributed by atoms with Gasteiger partial charge in [0.15, 0.2) is 5.65 Å². The predicted octanol–water partition coefficient (Wildman–Crippen LogP) is 4.07. The SMILES string of the molecule is CC(C)(C)c1ccc(-n2ncc3c(=O)[nH]c(-c4ccccc4)nc32)cc1. The van der Waals surface area contributed by atoms with Crippen molar-refractivity contribution >= 4 is 11.0 Å². The third-order valence-electron chi connectivity index (χ3n) is 4.46. The Kier molecular flexibility index (Phi) is 3.72. The Hall–Kier alpha value is -3.21. The van der Waals surface area contributed by atoms with Gasteiger partial charge < -0.3 is 4.98 Å². The zero-order valence-electron chi connectivity index (χ0n) is 15.0. The van der Waals surface area contributed by atoms with Gasteiger partial charge in [0.05, 0.1) is 11.9 Å². The molecule has 5 heteroatoms. The van der Waals surface area contributed by atoms with Gasteiger partial charge in [-0.2, -0.15) is 5.10 Å². The van der Waals surface area contributed by atoms with Gasteiger partial charge in [-0.3, -0.25) is 4.79 Å². The second kappa shape index (κ2) is 5.95. The van der Waals surface area contributed by atoms with E-state index in [9.17, 15) is 4.79 Å². The quantitative estimate of drug-likeness (QED) is 0.596. The van der Waals surface area contributed by atoms with E-state index in [-0.39, 0.29) is 11.0 Å². The summed E-state index contributed by atoms with van der Waals surface area (Å²) < 4.78 is 1.71. The molecule has 5 nitrogen and oxygen atoms in total. The number of fused-ring (bicyclic) bond motifs is 1. The van der Waals surface area contributed by atoms with Gasteiger partial charge in [0.25, 0.3) is 5.56 Å². The van der Waals surface area contributed by atoms with Crippen LogP contribution in [0.15, 0.2) is 65.6 Å². The summed E-state index contributed by atoms with van der Waals surface area (Å²) >= 11 is 0. The van der Waals surface area contributed by atoms with E-state index in [1.807, 2.05) is 42.5 Å². The van der Waals surface area contributed by atoms with Crippen molar-refractivity contribution in [1.29, 1.82) is 0 Å². The third kappa shape index (κ3) is 2.81. The Morgan fingerprint density at radius 2 is 1.65 bits per heavy atom. The summed E-state index contributed by atoms with van der Waals surface area (Å²) in [5, 5.41) is 4.86. The van der Waals surface area contributed by atoms with E-state index in [4.69, 9.17) is 0 Å². The van der Waals surface area contributed by atoms with Gasteiger partial charge >= 0.3 is 0 Å². The third-order valence-corrected chi connectivity index (χ3v) is 4.46. The van der Waals surface area contributed by atoms with E-state index >= 15 is 0 Å². The molecule has 4 aromatic rings. The van der Waals surface area contributed by atoms with E-state index in [1.165, 1.54) is 5.56 Å². The van der Waals surface area contributed by atoms with Gasteiger partial charge in [0, 0.05) is 5.56 Å². The molecule has 0 saturated carbocycles. The van der Waals surface area contributed by atoms with Crippen LogP contribution in [0.3, 0.4) is 0 Å². The van der Waals surface area contributed by atoms with Crippen LogP contribution in [-0.2, 0) is 5.41 Å². The predicted molar refractivity (Wildman–Crippen MR) is 104 cm³/mol. The second-order valence-electron chi connectivity index (χ2n) is 7.37. The molecule has 0 saturated heterocycles. The van der Waals surface area contributed by atoms with Crippen LogP contribution in [0.1, 0.15) is 26.3 Å². The highest BCUT2D eigenvalue weighted by molar-refractivity contribution is 5.77. The van der Waals surface area contributed by atoms with Crippen LogP contribution in [0.4, 0.5) is 0 Å². The minimum atomic E-state index is -0.189. The summed E-state index contributed by atoms with van der Waals surface area (Å²) in [6, 6.07) is 17.8. The fourth-order valence-corrected chi connectivity index (χ4v) is 2.94. The van der Waals surface area contributed by atoms with Crippen LogP contribution >= 0.6 is 0 Å². The summed E-state index contributed by atoms with van der Waals surface area (Å²) in [5.74, 6) is 0.538. The summed E-state index contributed by atoms with van der Waals surface area (Å²) in [6.45, 7) is 6.54. The molecule has 26 heavy (non-hydrogen) atoms. The van der Waals surface area contributed by atoms with Gasteiger partial charge in [-0.15, -0.1) is 0 Å². The van der Waals surface area contributed by atoms with E-state index in [0.717, 1.165) is 11.3 Å². The molecular weight excluding hydrogens is 324 g/mol. The average Bonchev–Trinajstić information content (AvgIpc) is 3.06. The lowest BCUT2D eigenvalue weighted by Crippen LogP contribution is -2.11. The summed E-state index contributed by atoms with van der Waals surface area (Å²) in [5.41, 5.74) is 3.43. The molecule has 2 aromatic heterocycles.